The number of hydrogen-bond donors (Lipinski definition) is 3. The number of pyridine rings is 2. The first-order valence-electron chi connectivity index (χ1n) is 9.43. The minimum absolute atomic E-state index is 0.0439. The molecule has 0 saturated carbocycles. The molecule has 1 aliphatic heterocycles. The highest BCUT2D eigenvalue weighted by Crippen LogP contribution is 2.28. The summed E-state index contributed by atoms with van der Waals surface area (Å²) in [7, 11) is -3.67. The lowest BCUT2D eigenvalue weighted by molar-refractivity contribution is 0.0694. The van der Waals surface area contributed by atoms with E-state index in [1.54, 1.807) is 9.47 Å². The van der Waals surface area contributed by atoms with E-state index in [4.69, 9.17) is 10.3 Å². The van der Waals surface area contributed by atoms with Crippen LogP contribution in [0.1, 0.15) is 38.1 Å². The molecule has 1 saturated heterocycles. The summed E-state index contributed by atoms with van der Waals surface area (Å²) in [6.45, 7) is 8.63. The molecule has 0 aliphatic carbocycles. The zero-order valence-electron chi connectivity index (χ0n) is 18.0. The molecule has 3 heterocycles. The van der Waals surface area contributed by atoms with Crippen molar-refractivity contribution in [1.82, 2.24) is 9.55 Å². The number of halogens is 1. The Hall–Kier alpha value is -2.57. The molecule has 0 unspecified atom stereocenters. The maximum Gasteiger partial charge on any atom is 0.341 e. The first-order chi connectivity index (χ1) is 14.0. The molecule has 0 bridgehead atoms. The quantitative estimate of drug-likeness (QED) is 0.564. The Morgan fingerprint density at radius 3 is 2.29 bits per heavy atom. The lowest BCUT2D eigenvalue weighted by atomic mass is 10.1. The second-order valence-corrected chi connectivity index (χ2v) is 10.1. The molecule has 2 atom stereocenters. The van der Waals surface area contributed by atoms with Gasteiger partial charge in [0.05, 0.1) is 11.6 Å². The predicted molar refractivity (Wildman–Crippen MR) is 115 cm³/mol. The van der Waals surface area contributed by atoms with Gasteiger partial charge in [0.2, 0.25) is 5.43 Å². The van der Waals surface area contributed by atoms with Crippen molar-refractivity contribution in [3.8, 4) is 0 Å². The first-order valence-corrected chi connectivity index (χ1v) is 11.3. The van der Waals surface area contributed by atoms with Crippen LogP contribution in [0.4, 0.5) is 10.2 Å². The molecule has 12 heteroatoms. The highest BCUT2D eigenvalue weighted by molar-refractivity contribution is 7.85. The zero-order valence-corrected chi connectivity index (χ0v) is 18.8. The number of rotatable bonds is 2. The standard InChI is InChI=1S/C18H23FN4O3.CH4O3S/c1-9-6-22(8-13(9)20)16-12(19)5-10-14(24)11(17(25)26)7-23(15(10)21-16)18(2,3)4;1-5(2,3)4/h5,7,9,13H,6,8,20H2,1-4H3,(H,25,26);1H3,(H,2,3,4)/t9-,13+;/m0./s1. The molecule has 4 N–H and O–H groups in total. The number of nitrogens with two attached hydrogens (primary N) is 1. The number of anilines is 1. The van der Waals surface area contributed by atoms with Crippen LogP contribution in [0.15, 0.2) is 17.1 Å². The molecule has 172 valence electrons. The van der Waals surface area contributed by atoms with Gasteiger partial charge >= 0.3 is 5.97 Å². The van der Waals surface area contributed by atoms with Crippen molar-refractivity contribution in [2.75, 3.05) is 24.2 Å². The number of carboxylic acid groups (broad SMARTS) is 1. The smallest absolute Gasteiger partial charge is 0.341 e. The van der Waals surface area contributed by atoms with Gasteiger partial charge in [0, 0.05) is 30.9 Å². The van der Waals surface area contributed by atoms with E-state index in [0.717, 1.165) is 6.07 Å². The number of aromatic carboxylic acids is 1. The fourth-order valence-corrected chi connectivity index (χ4v) is 3.26. The molecule has 0 radical (unpaired) electrons. The molecule has 0 spiro atoms. The molecule has 10 nitrogen and oxygen atoms in total. The summed E-state index contributed by atoms with van der Waals surface area (Å²) in [4.78, 5) is 30.1. The number of nitrogens with zero attached hydrogens (tertiary/aromatic N) is 3. The second kappa shape index (κ2) is 8.52. The van der Waals surface area contributed by atoms with E-state index < -0.39 is 38.4 Å². The highest BCUT2D eigenvalue weighted by Gasteiger charge is 2.30. The zero-order chi connectivity index (χ0) is 23.9. The third-order valence-electron chi connectivity index (χ3n) is 4.84. The van der Waals surface area contributed by atoms with Gasteiger partial charge in [-0.3, -0.25) is 9.35 Å². The van der Waals surface area contributed by atoms with Crippen molar-refractivity contribution in [2.24, 2.45) is 11.7 Å². The first kappa shape index (κ1) is 24.7. The van der Waals surface area contributed by atoms with Crippen molar-refractivity contribution < 1.29 is 27.3 Å². The number of aromatic nitrogens is 2. The van der Waals surface area contributed by atoms with Gasteiger partial charge in [0.15, 0.2) is 11.6 Å². The Bertz CT molecular complexity index is 1150. The summed E-state index contributed by atoms with van der Waals surface area (Å²) < 4.78 is 42.2. The Labute approximate surface area is 179 Å². The minimum Gasteiger partial charge on any atom is -0.477 e. The second-order valence-electron chi connectivity index (χ2n) is 8.66. The molecule has 3 rings (SSSR count). The lowest BCUT2D eigenvalue weighted by Gasteiger charge is -2.26. The number of fused-ring (bicyclic) bond motifs is 1. The monoisotopic (exact) mass is 458 g/mol. The van der Waals surface area contributed by atoms with Crippen molar-refractivity contribution in [3.05, 3.63) is 33.9 Å². The van der Waals surface area contributed by atoms with E-state index >= 15 is 0 Å². The van der Waals surface area contributed by atoms with E-state index in [1.165, 1.54) is 6.20 Å². The van der Waals surface area contributed by atoms with E-state index in [-0.39, 0.29) is 28.8 Å². The summed E-state index contributed by atoms with van der Waals surface area (Å²) >= 11 is 0. The summed E-state index contributed by atoms with van der Waals surface area (Å²) in [6, 6.07) is 1.01. The summed E-state index contributed by atoms with van der Waals surface area (Å²) in [5.74, 6) is -1.67. The molecule has 0 amide bonds. The molecule has 1 fully saturated rings. The molecular weight excluding hydrogens is 431 g/mol. The van der Waals surface area contributed by atoms with E-state index in [0.29, 0.717) is 19.3 Å². The maximum absolute atomic E-state index is 14.7. The molecular formula is C19H27FN4O6S. The van der Waals surface area contributed by atoms with Gasteiger partial charge in [-0.05, 0) is 32.8 Å². The van der Waals surface area contributed by atoms with E-state index in [1.807, 2.05) is 27.7 Å². The Kier molecular flexibility index (Phi) is 6.79. The largest absolute Gasteiger partial charge is 0.477 e. The Morgan fingerprint density at radius 1 is 1.32 bits per heavy atom. The van der Waals surface area contributed by atoms with Gasteiger partial charge in [-0.25, -0.2) is 14.2 Å². The van der Waals surface area contributed by atoms with Crippen molar-refractivity contribution in [2.45, 2.75) is 39.3 Å². The average Bonchev–Trinajstić information content (AvgIpc) is 2.91. The van der Waals surface area contributed by atoms with Gasteiger partial charge in [-0.2, -0.15) is 8.42 Å². The number of hydrogen-bond acceptors (Lipinski definition) is 7. The van der Waals surface area contributed by atoms with Crippen LogP contribution in [0.5, 0.6) is 0 Å². The Morgan fingerprint density at radius 2 is 1.87 bits per heavy atom. The van der Waals surface area contributed by atoms with Gasteiger partial charge in [0.1, 0.15) is 11.2 Å². The van der Waals surface area contributed by atoms with Crippen LogP contribution in [0.25, 0.3) is 11.0 Å². The summed E-state index contributed by atoms with van der Waals surface area (Å²) in [5.41, 5.74) is 4.60. The fourth-order valence-electron chi connectivity index (χ4n) is 3.26. The van der Waals surface area contributed by atoms with Gasteiger partial charge in [-0.15, -0.1) is 0 Å². The molecule has 1 aliphatic rings. The van der Waals surface area contributed by atoms with Crippen molar-refractivity contribution in [1.29, 1.82) is 0 Å². The van der Waals surface area contributed by atoms with Gasteiger partial charge < -0.3 is 20.3 Å². The molecule has 2 aromatic rings. The molecule has 0 aromatic carbocycles. The summed E-state index contributed by atoms with van der Waals surface area (Å²) in [6.07, 6.45) is 1.99. The van der Waals surface area contributed by atoms with Gasteiger partial charge in [-0.1, -0.05) is 6.92 Å². The van der Waals surface area contributed by atoms with Crippen LogP contribution in [0.2, 0.25) is 0 Å². The van der Waals surface area contributed by atoms with Crippen LogP contribution in [-0.2, 0) is 15.7 Å². The maximum atomic E-state index is 14.7. The lowest BCUT2D eigenvalue weighted by Crippen LogP contribution is -2.31. The number of carbonyl (C=O) groups is 1. The van der Waals surface area contributed by atoms with Crippen LogP contribution in [-0.4, -0.2) is 59.0 Å². The highest BCUT2D eigenvalue weighted by atomic mass is 32.2. The molecule has 31 heavy (non-hydrogen) atoms. The number of carboxylic acids is 1. The third kappa shape index (κ3) is 5.77. The third-order valence-corrected chi connectivity index (χ3v) is 4.84. The van der Waals surface area contributed by atoms with Crippen LogP contribution in [0.3, 0.4) is 0 Å². The van der Waals surface area contributed by atoms with Gasteiger partial charge in [0.25, 0.3) is 10.1 Å². The SMILES string of the molecule is CS(=O)(=O)O.C[C@H]1CN(c2nc3c(cc2F)c(=O)c(C(=O)O)cn3C(C)(C)C)C[C@H]1N. The summed E-state index contributed by atoms with van der Waals surface area (Å²) in [5, 5.41) is 9.28. The molecule has 2 aromatic heterocycles. The van der Waals surface area contributed by atoms with E-state index in [9.17, 15) is 27.5 Å². The average molecular weight is 459 g/mol. The van der Waals surface area contributed by atoms with Crippen molar-refractivity contribution in [3.63, 3.8) is 0 Å². The van der Waals surface area contributed by atoms with Crippen LogP contribution in [0, 0.1) is 11.7 Å². The normalized spacial score (nSPS) is 19.3. The van der Waals surface area contributed by atoms with Crippen molar-refractivity contribution >= 4 is 32.9 Å². The fraction of sp³-hybridized carbons (Fsp3) is 0.526. The topological polar surface area (TPSA) is 156 Å². The van der Waals surface area contributed by atoms with Crippen LogP contribution < -0.4 is 16.1 Å². The van der Waals surface area contributed by atoms with Crippen LogP contribution >= 0.6 is 0 Å². The Balaban J connectivity index is 0.000000614. The minimum atomic E-state index is -3.67. The van der Waals surface area contributed by atoms with E-state index in [2.05, 4.69) is 4.98 Å². The predicted octanol–water partition coefficient (Wildman–Crippen LogP) is 1.28.